The second-order valence-electron chi connectivity index (χ2n) is 6.64. The molecule has 1 atom stereocenters. The molecule has 1 aromatic heterocycles. The first kappa shape index (κ1) is 19.0. The minimum Gasteiger partial charge on any atom is -0.302 e. The third-order valence-electron chi connectivity index (χ3n) is 4.58. The van der Waals surface area contributed by atoms with Crippen LogP contribution in [0.4, 0.5) is 5.13 Å². The van der Waals surface area contributed by atoms with Gasteiger partial charge in [0.15, 0.2) is 5.13 Å². The van der Waals surface area contributed by atoms with Crippen molar-refractivity contribution in [2.45, 2.75) is 43.9 Å². The largest absolute Gasteiger partial charge is 0.302 e. The molecule has 0 bridgehead atoms. The van der Waals surface area contributed by atoms with Gasteiger partial charge in [0.25, 0.3) is 0 Å². The fourth-order valence-corrected chi connectivity index (χ4v) is 4.90. The smallest absolute Gasteiger partial charge is 0.240 e. The van der Waals surface area contributed by atoms with Crippen molar-refractivity contribution in [3.63, 3.8) is 0 Å². The molecule has 8 heteroatoms. The molecule has 0 aliphatic heterocycles. The Hall–Kier alpha value is -1.77. The summed E-state index contributed by atoms with van der Waals surface area (Å²) in [5.41, 5.74) is 2.05. The van der Waals surface area contributed by atoms with Gasteiger partial charge in [0.05, 0.1) is 10.6 Å². The quantitative estimate of drug-likeness (QED) is 0.790. The molecule has 3 rings (SSSR count). The first-order valence-corrected chi connectivity index (χ1v) is 11.0. The molecule has 1 aliphatic rings. The molecule has 1 aliphatic carbocycles. The van der Waals surface area contributed by atoms with Crippen LogP contribution >= 0.6 is 11.3 Å². The van der Waals surface area contributed by atoms with Crippen LogP contribution in [0, 0.1) is 5.92 Å². The molecule has 0 fully saturated rings. The lowest BCUT2D eigenvalue weighted by Crippen LogP contribution is -2.18. The highest BCUT2D eigenvalue weighted by molar-refractivity contribution is 7.89. The molecule has 1 aromatic carbocycles. The standard InChI is InChI=1S/C18H23N3O3S2/c1-12-3-9-15-16(11-12)25-18(20-15)21-17(22)10-6-13-4-7-14(8-5-13)26(23,24)19-2/h4-5,7-8,12,19H,3,6,9-11H2,1-2H3,(H,20,21,22)/t12-/m1/s1. The number of nitrogens with zero attached hydrogens (tertiary/aromatic N) is 1. The zero-order valence-corrected chi connectivity index (χ0v) is 16.5. The number of sulfonamides is 1. The van der Waals surface area contributed by atoms with Gasteiger partial charge in [-0.05, 0) is 56.3 Å². The van der Waals surface area contributed by atoms with Crippen molar-refractivity contribution in [3.8, 4) is 0 Å². The maximum atomic E-state index is 12.2. The molecular formula is C18H23N3O3S2. The Morgan fingerprint density at radius 1 is 1.31 bits per heavy atom. The molecule has 0 unspecified atom stereocenters. The number of thiazole rings is 1. The van der Waals surface area contributed by atoms with E-state index in [2.05, 4.69) is 21.9 Å². The molecule has 0 spiro atoms. The van der Waals surface area contributed by atoms with E-state index >= 15 is 0 Å². The van der Waals surface area contributed by atoms with Gasteiger partial charge in [-0.3, -0.25) is 4.79 Å². The summed E-state index contributed by atoms with van der Waals surface area (Å²) in [6.07, 6.45) is 4.07. The van der Waals surface area contributed by atoms with E-state index in [9.17, 15) is 13.2 Å². The van der Waals surface area contributed by atoms with Gasteiger partial charge in [0, 0.05) is 11.3 Å². The summed E-state index contributed by atoms with van der Waals surface area (Å²) in [5, 5.41) is 3.58. The zero-order chi connectivity index (χ0) is 18.7. The second kappa shape index (κ2) is 7.85. The van der Waals surface area contributed by atoms with Crippen molar-refractivity contribution >= 4 is 32.4 Å². The summed E-state index contributed by atoms with van der Waals surface area (Å²) in [5.74, 6) is 0.609. The normalized spacial score (nSPS) is 16.9. The van der Waals surface area contributed by atoms with Crippen LogP contribution in [0.3, 0.4) is 0 Å². The third-order valence-corrected chi connectivity index (χ3v) is 7.04. The monoisotopic (exact) mass is 393 g/mol. The van der Waals surface area contributed by atoms with E-state index < -0.39 is 10.0 Å². The van der Waals surface area contributed by atoms with Crippen LogP contribution in [0.2, 0.25) is 0 Å². The second-order valence-corrected chi connectivity index (χ2v) is 9.61. The first-order chi connectivity index (χ1) is 12.4. The van der Waals surface area contributed by atoms with Crippen molar-refractivity contribution in [1.82, 2.24) is 9.71 Å². The lowest BCUT2D eigenvalue weighted by molar-refractivity contribution is -0.116. The Morgan fingerprint density at radius 3 is 2.73 bits per heavy atom. The molecule has 0 saturated carbocycles. The third kappa shape index (κ3) is 4.49. The van der Waals surface area contributed by atoms with Crippen LogP contribution in [-0.2, 0) is 34.1 Å². The van der Waals surface area contributed by atoms with Gasteiger partial charge in [0.1, 0.15) is 0 Å². The highest BCUT2D eigenvalue weighted by Gasteiger charge is 2.20. The van der Waals surface area contributed by atoms with Crippen LogP contribution < -0.4 is 10.0 Å². The molecule has 1 heterocycles. The SMILES string of the molecule is CNS(=O)(=O)c1ccc(CCC(=O)Nc2nc3c(s2)C[C@H](C)CC3)cc1. The minimum atomic E-state index is -3.43. The van der Waals surface area contributed by atoms with Crippen molar-refractivity contribution in [2.75, 3.05) is 12.4 Å². The van der Waals surface area contributed by atoms with Crippen LogP contribution in [0.15, 0.2) is 29.2 Å². The summed E-state index contributed by atoms with van der Waals surface area (Å²) >= 11 is 1.58. The van der Waals surface area contributed by atoms with E-state index in [-0.39, 0.29) is 10.8 Å². The van der Waals surface area contributed by atoms with E-state index in [1.165, 1.54) is 11.9 Å². The Morgan fingerprint density at radius 2 is 2.04 bits per heavy atom. The number of carbonyl (C=O) groups is 1. The number of carbonyl (C=O) groups excluding carboxylic acids is 1. The summed E-state index contributed by atoms with van der Waals surface area (Å²) in [7, 11) is -2.05. The summed E-state index contributed by atoms with van der Waals surface area (Å²) in [4.78, 5) is 18.2. The molecule has 6 nitrogen and oxygen atoms in total. The topological polar surface area (TPSA) is 88.2 Å². The Kier molecular flexibility index (Phi) is 5.74. The van der Waals surface area contributed by atoms with Gasteiger partial charge in [0.2, 0.25) is 15.9 Å². The fraction of sp³-hybridized carbons (Fsp3) is 0.444. The number of aromatic nitrogens is 1. The lowest BCUT2D eigenvalue weighted by Gasteiger charge is -2.15. The van der Waals surface area contributed by atoms with Crippen LogP contribution in [0.5, 0.6) is 0 Å². The first-order valence-electron chi connectivity index (χ1n) is 8.68. The maximum absolute atomic E-state index is 12.2. The summed E-state index contributed by atoms with van der Waals surface area (Å²) in [6, 6.07) is 6.58. The van der Waals surface area contributed by atoms with Crippen molar-refractivity contribution in [3.05, 3.63) is 40.4 Å². The number of aryl methyl sites for hydroxylation is 2. The van der Waals surface area contributed by atoms with Gasteiger partial charge in [-0.1, -0.05) is 19.1 Å². The van der Waals surface area contributed by atoms with E-state index in [0.717, 1.165) is 30.5 Å². The number of amides is 1. The van der Waals surface area contributed by atoms with E-state index in [1.807, 2.05) is 0 Å². The molecule has 140 valence electrons. The summed E-state index contributed by atoms with van der Waals surface area (Å²) < 4.78 is 25.7. The molecule has 26 heavy (non-hydrogen) atoms. The molecule has 2 aromatic rings. The Labute approximate surface area is 158 Å². The molecule has 0 saturated heterocycles. The average molecular weight is 394 g/mol. The number of rotatable bonds is 6. The number of nitrogens with one attached hydrogen (secondary N) is 2. The van der Waals surface area contributed by atoms with Gasteiger partial charge in [-0.15, -0.1) is 11.3 Å². The molecule has 1 amide bonds. The van der Waals surface area contributed by atoms with Crippen LogP contribution in [-0.4, -0.2) is 26.4 Å². The zero-order valence-electron chi connectivity index (χ0n) is 14.9. The van der Waals surface area contributed by atoms with Crippen LogP contribution in [0.25, 0.3) is 0 Å². The van der Waals surface area contributed by atoms with Gasteiger partial charge in [-0.25, -0.2) is 18.1 Å². The fourth-order valence-electron chi connectivity index (χ4n) is 2.99. The predicted molar refractivity (Wildman–Crippen MR) is 103 cm³/mol. The lowest BCUT2D eigenvalue weighted by atomic mass is 9.93. The number of fused-ring (bicyclic) bond motifs is 1. The molecule has 0 radical (unpaired) electrons. The minimum absolute atomic E-state index is 0.0731. The molecule has 2 N–H and O–H groups in total. The van der Waals surface area contributed by atoms with Crippen molar-refractivity contribution < 1.29 is 13.2 Å². The highest BCUT2D eigenvalue weighted by atomic mass is 32.2. The predicted octanol–water partition coefficient (Wildman–Crippen LogP) is 2.75. The average Bonchev–Trinajstić information content (AvgIpc) is 3.01. The van der Waals surface area contributed by atoms with E-state index in [0.29, 0.717) is 23.9 Å². The number of hydrogen-bond donors (Lipinski definition) is 2. The van der Waals surface area contributed by atoms with Crippen molar-refractivity contribution in [2.24, 2.45) is 5.92 Å². The number of benzene rings is 1. The Bertz CT molecular complexity index is 889. The molecular weight excluding hydrogens is 370 g/mol. The maximum Gasteiger partial charge on any atom is 0.240 e. The number of anilines is 1. The van der Waals surface area contributed by atoms with Gasteiger partial charge >= 0.3 is 0 Å². The van der Waals surface area contributed by atoms with E-state index in [4.69, 9.17) is 0 Å². The summed E-state index contributed by atoms with van der Waals surface area (Å²) in [6.45, 7) is 2.24. The number of hydrogen-bond acceptors (Lipinski definition) is 5. The Balaban J connectivity index is 1.54. The van der Waals surface area contributed by atoms with Crippen molar-refractivity contribution in [1.29, 1.82) is 0 Å². The van der Waals surface area contributed by atoms with Gasteiger partial charge in [-0.2, -0.15) is 0 Å². The van der Waals surface area contributed by atoms with Gasteiger partial charge < -0.3 is 5.32 Å². The highest BCUT2D eigenvalue weighted by Crippen LogP contribution is 2.32. The van der Waals surface area contributed by atoms with Crippen LogP contribution in [0.1, 0.15) is 35.9 Å². The van der Waals surface area contributed by atoms with E-state index in [1.54, 1.807) is 35.6 Å².